The molecule has 0 aromatic carbocycles. The van der Waals surface area contributed by atoms with Crippen LogP contribution in [0, 0.1) is 0 Å². The van der Waals surface area contributed by atoms with Gasteiger partial charge in [0.2, 0.25) is 0 Å². The first kappa shape index (κ1) is 15.1. The number of aromatic nitrogens is 1. The van der Waals surface area contributed by atoms with Gasteiger partial charge in [-0.05, 0) is 30.9 Å². The molecule has 2 N–H and O–H groups in total. The molecule has 2 rings (SSSR count). The van der Waals surface area contributed by atoms with Gasteiger partial charge in [0.1, 0.15) is 0 Å². The third-order valence-electron chi connectivity index (χ3n) is 4.25. The first-order valence-corrected chi connectivity index (χ1v) is 8.25. The molecule has 0 atom stereocenters. The predicted octanol–water partition coefficient (Wildman–Crippen LogP) is 5.13. The van der Waals surface area contributed by atoms with Gasteiger partial charge in [-0.2, -0.15) is 0 Å². The van der Waals surface area contributed by atoms with Gasteiger partial charge in [0.15, 0.2) is 0 Å². The standard InChI is InChI=1S/C18H28N2/c1-2-3-4-5-6-7-8-9-10-15-11-12-16-17(19)13-14-20-18(15)16/h11,13-14H,2-10,12H2,1H3,(H2,19,20). The molecule has 0 fully saturated rings. The highest BCUT2D eigenvalue weighted by Gasteiger charge is 2.16. The van der Waals surface area contributed by atoms with Gasteiger partial charge in [-0.3, -0.25) is 4.98 Å². The van der Waals surface area contributed by atoms with E-state index in [1.165, 1.54) is 68.9 Å². The van der Waals surface area contributed by atoms with Gasteiger partial charge in [0.25, 0.3) is 0 Å². The number of rotatable bonds is 9. The third kappa shape index (κ3) is 4.09. The first-order chi connectivity index (χ1) is 9.83. The van der Waals surface area contributed by atoms with Crippen LogP contribution in [0.1, 0.15) is 76.0 Å². The van der Waals surface area contributed by atoms with Crippen molar-refractivity contribution >= 4 is 11.3 Å². The van der Waals surface area contributed by atoms with Crippen LogP contribution in [0.4, 0.5) is 5.69 Å². The molecule has 20 heavy (non-hydrogen) atoms. The Morgan fingerprint density at radius 3 is 2.50 bits per heavy atom. The molecule has 2 heteroatoms. The van der Waals surface area contributed by atoms with E-state index in [0.29, 0.717) is 0 Å². The average molecular weight is 272 g/mol. The largest absolute Gasteiger partial charge is 0.398 e. The van der Waals surface area contributed by atoms with E-state index >= 15 is 0 Å². The third-order valence-corrected chi connectivity index (χ3v) is 4.25. The zero-order chi connectivity index (χ0) is 14.2. The van der Waals surface area contributed by atoms with E-state index in [2.05, 4.69) is 18.0 Å². The number of nitrogen functional groups attached to an aromatic ring is 1. The average Bonchev–Trinajstić information content (AvgIpc) is 2.87. The number of unbranched alkanes of at least 4 members (excludes halogenated alkanes) is 7. The Hall–Kier alpha value is -1.31. The van der Waals surface area contributed by atoms with E-state index in [0.717, 1.165) is 17.8 Å². The maximum absolute atomic E-state index is 6.00. The summed E-state index contributed by atoms with van der Waals surface area (Å²) in [5, 5.41) is 0. The second kappa shape index (κ2) is 8.08. The Morgan fingerprint density at radius 2 is 1.75 bits per heavy atom. The lowest BCUT2D eigenvalue weighted by molar-refractivity contribution is 0.579. The van der Waals surface area contributed by atoms with Crippen LogP contribution in [-0.2, 0) is 6.42 Å². The van der Waals surface area contributed by atoms with Gasteiger partial charge in [-0.25, -0.2) is 0 Å². The summed E-state index contributed by atoms with van der Waals surface area (Å²) in [5.41, 5.74) is 10.7. The van der Waals surface area contributed by atoms with Crippen LogP contribution in [-0.4, -0.2) is 4.98 Å². The number of pyridine rings is 1. The number of nitrogens with zero attached hydrogens (tertiary/aromatic N) is 1. The van der Waals surface area contributed by atoms with Gasteiger partial charge in [0, 0.05) is 17.4 Å². The molecule has 1 aromatic heterocycles. The van der Waals surface area contributed by atoms with Gasteiger partial charge < -0.3 is 5.73 Å². The fourth-order valence-corrected chi connectivity index (χ4v) is 2.99. The van der Waals surface area contributed by atoms with E-state index in [4.69, 9.17) is 5.73 Å². The molecular weight excluding hydrogens is 244 g/mol. The van der Waals surface area contributed by atoms with Crippen LogP contribution in [0.3, 0.4) is 0 Å². The van der Waals surface area contributed by atoms with Crippen molar-refractivity contribution in [2.24, 2.45) is 0 Å². The highest BCUT2D eigenvalue weighted by Crippen LogP contribution is 2.32. The van der Waals surface area contributed by atoms with Crippen LogP contribution in [0.2, 0.25) is 0 Å². The minimum atomic E-state index is 0.900. The number of allylic oxidation sites excluding steroid dienone is 2. The van der Waals surface area contributed by atoms with Gasteiger partial charge in [-0.15, -0.1) is 0 Å². The number of hydrogen-bond donors (Lipinski definition) is 1. The molecule has 0 unspecified atom stereocenters. The van der Waals surface area contributed by atoms with Crippen molar-refractivity contribution in [1.82, 2.24) is 4.98 Å². The lowest BCUT2D eigenvalue weighted by Crippen LogP contribution is -1.96. The summed E-state index contributed by atoms with van der Waals surface area (Å²) in [6, 6.07) is 1.91. The van der Waals surface area contributed by atoms with Gasteiger partial charge >= 0.3 is 0 Å². The summed E-state index contributed by atoms with van der Waals surface area (Å²) in [7, 11) is 0. The van der Waals surface area contributed by atoms with Crippen molar-refractivity contribution in [3.8, 4) is 0 Å². The van der Waals surface area contributed by atoms with Gasteiger partial charge in [0.05, 0.1) is 5.69 Å². The Morgan fingerprint density at radius 1 is 1.05 bits per heavy atom. The minimum Gasteiger partial charge on any atom is -0.398 e. The topological polar surface area (TPSA) is 38.9 Å². The molecule has 1 aliphatic carbocycles. The Bertz CT molecular complexity index is 449. The van der Waals surface area contributed by atoms with Crippen LogP contribution >= 0.6 is 0 Å². The van der Waals surface area contributed by atoms with E-state index < -0.39 is 0 Å². The van der Waals surface area contributed by atoms with Crippen LogP contribution in [0.5, 0.6) is 0 Å². The molecule has 0 saturated heterocycles. The van der Waals surface area contributed by atoms with Crippen molar-refractivity contribution in [2.45, 2.75) is 71.1 Å². The SMILES string of the molecule is CCCCCCCCCCC1=CCc2c(N)ccnc21. The van der Waals surface area contributed by atoms with E-state index in [-0.39, 0.29) is 0 Å². The summed E-state index contributed by atoms with van der Waals surface area (Å²) in [6.45, 7) is 2.27. The molecule has 0 amide bonds. The normalized spacial score (nSPS) is 13.3. The molecule has 2 nitrogen and oxygen atoms in total. The van der Waals surface area contributed by atoms with E-state index in [1.807, 2.05) is 12.3 Å². The van der Waals surface area contributed by atoms with Gasteiger partial charge in [-0.1, -0.05) is 57.9 Å². The summed E-state index contributed by atoms with van der Waals surface area (Å²) < 4.78 is 0. The van der Waals surface area contributed by atoms with Crippen LogP contribution < -0.4 is 5.73 Å². The maximum atomic E-state index is 6.00. The Balaban J connectivity index is 1.63. The van der Waals surface area contributed by atoms with Crippen molar-refractivity contribution in [2.75, 3.05) is 5.73 Å². The molecule has 1 aromatic rings. The summed E-state index contributed by atoms with van der Waals surface area (Å²) in [6.07, 6.45) is 17.3. The molecule has 110 valence electrons. The zero-order valence-corrected chi connectivity index (χ0v) is 12.8. The van der Waals surface area contributed by atoms with Crippen LogP contribution in [0.15, 0.2) is 18.3 Å². The molecule has 1 aliphatic rings. The maximum Gasteiger partial charge on any atom is 0.0714 e. The van der Waals surface area contributed by atoms with Crippen molar-refractivity contribution in [3.05, 3.63) is 29.6 Å². The minimum absolute atomic E-state index is 0.900. The number of fused-ring (bicyclic) bond motifs is 1. The molecule has 0 aliphatic heterocycles. The number of nitrogens with two attached hydrogens (primary N) is 1. The second-order valence-electron chi connectivity index (χ2n) is 5.89. The first-order valence-electron chi connectivity index (χ1n) is 8.25. The lowest BCUT2D eigenvalue weighted by atomic mass is 10.0. The quantitative estimate of drug-likeness (QED) is 0.633. The summed E-state index contributed by atoms with van der Waals surface area (Å²) >= 11 is 0. The Kier molecular flexibility index (Phi) is 6.10. The molecular formula is C18H28N2. The smallest absolute Gasteiger partial charge is 0.0714 e. The molecule has 0 spiro atoms. The second-order valence-corrected chi connectivity index (χ2v) is 5.89. The van der Waals surface area contributed by atoms with Crippen molar-refractivity contribution in [1.29, 1.82) is 0 Å². The van der Waals surface area contributed by atoms with Crippen LogP contribution in [0.25, 0.3) is 5.57 Å². The lowest BCUT2D eigenvalue weighted by Gasteiger charge is -2.06. The summed E-state index contributed by atoms with van der Waals surface area (Å²) in [5.74, 6) is 0. The highest BCUT2D eigenvalue weighted by atomic mass is 14.7. The predicted molar refractivity (Wildman–Crippen MR) is 87.6 cm³/mol. The monoisotopic (exact) mass is 272 g/mol. The number of hydrogen-bond acceptors (Lipinski definition) is 2. The molecule has 1 heterocycles. The van der Waals surface area contributed by atoms with E-state index in [9.17, 15) is 0 Å². The molecule has 0 bridgehead atoms. The fourth-order valence-electron chi connectivity index (χ4n) is 2.99. The number of anilines is 1. The summed E-state index contributed by atoms with van der Waals surface area (Å²) in [4.78, 5) is 4.50. The Labute approximate surface area is 123 Å². The van der Waals surface area contributed by atoms with Crippen molar-refractivity contribution < 1.29 is 0 Å². The zero-order valence-electron chi connectivity index (χ0n) is 12.8. The highest BCUT2D eigenvalue weighted by molar-refractivity contribution is 5.74. The van der Waals surface area contributed by atoms with Crippen molar-refractivity contribution in [3.63, 3.8) is 0 Å². The molecule has 0 radical (unpaired) electrons. The molecule has 0 saturated carbocycles. The van der Waals surface area contributed by atoms with E-state index in [1.54, 1.807) is 0 Å². The fraction of sp³-hybridized carbons (Fsp3) is 0.611.